The fourth-order valence-electron chi connectivity index (χ4n) is 2.78. The molecule has 0 fully saturated rings. The van der Waals surface area contributed by atoms with Crippen molar-refractivity contribution in [1.82, 2.24) is 9.71 Å². The van der Waals surface area contributed by atoms with E-state index in [1.54, 1.807) is 36.6 Å². The standard InChI is InChI=1S/C20H21ClN2O3S2/c1-13-12-17(8-9-18(13)26-3)28(24,25)22-11-10-19-14(2)23-20(27-19)15-4-6-16(21)7-5-15/h4-9,12,22H,10-11H2,1-3H3. The Bertz CT molecular complexity index is 1080. The van der Waals surface area contributed by atoms with Crippen molar-refractivity contribution in [3.8, 4) is 16.3 Å². The number of benzene rings is 2. The van der Waals surface area contributed by atoms with E-state index in [-0.39, 0.29) is 4.90 Å². The van der Waals surface area contributed by atoms with Gasteiger partial charge in [-0.25, -0.2) is 18.1 Å². The van der Waals surface area contributed by atoms with Gasteiger partial charge in [0, 0.05) is 22.0 Å². The SMILES string of the molecule is COc1ccc(S(=O)(=O)NCCc2sc(-c3ccc(Cl)cc3)nc2C)cc1C. The predicted octanol–water partition coefficient (Wildman–Crippen LogP) is 4.61. The minimum absolute atomic E-state index is 0.230. The number of hydrogen-bond acceptors (Lipinski definition) is 5. The van der Waals surface area contributed by atoms with Gasteiger partial charge in [-0.15, -0.1) is 11.3 Å². The van der Waals surface area contributed by atoms with Gasteiger partial charge in [-0.3, -0.25) is 0 Å². The predicted molar refractivity (Wildman–Crippen MR) is 114 cm³/mol. The molecule has 0 radical (unpaired) electrons. The molecule has 0 amide bonds. The molecule has 148 valence electrons. The van der Waals surface area contributed by atoms with Crippen molar-refractivity contribution in [2.75, 3.05) is 13.7 Å². The summed E-state index contributed by atoms with van der Waals surface area (Å²) in [5, 5.41) is 1.58. The Balaban J connectivity index is 1.67. The van der Waals surface area contributed by atoms with Crippen molar-refractivity contribution in [2.45, 2.75) is 25.2 Å². The fourth-order valence-corrected chi connectivity index (χ4v) is 5.09. The Morgan fingerprint density at radius 1 is 1.14 bits per heavy atom. The summed E-state index contributed by atoms with van der Waals surface area (Å²) < 4.78 is 32.9. The van der Waals surface area contributed by atoms with Crippen LogP contribution in [0.2, 0.25) is 5.02 Å². The van der Waals surface area contributed by atoms with Crippen LogP contribution in [0, 0.1) is 13.8 Å². The van der Waals surface area contributed by atoms with Gasteiger partial charge in [0.15, 0.2) is 0 Å². The number of aromatic nitrogens is 1. The first kappa shape index (κ1) is 20.8. The Morgan fingerprint density at radius 2 is 1.86 bits per heavy atom. The fraction of sp³-hybridized carbons (Fsp3) is 0.250. The van der Waals surface area contributed by atoms with E-state index in [2.05, 4.69) is 9.71 Å². The molecule has 1 N–H and O–H groups in total. The van der Waals surface area contributed by atoms with Crippen molar-refractivity contribution in [2.24, 2.45) is 0 Å². The van der Waals surface area contributed by atoms with Crippen LogP contribution in [-0.4, -0.2) is 27.1 Å². The van der Waals surface area contributed by atoms with E-state index in [1.165, 1.54) is 0 Å². The third-order valence-electron chi connectivity index (χ3n) is 4.30. The molecular weight excluding hydrogens is 416 g/mol. The molecule has 0 bridgehead atoms. The molecule has 5 nitrogen and oxygen atoms in total. The molecule has 3 aromatic rings. The number of nitrogens with zero attached hydrogens (tertiary/aromatic N) is 1. The summed E-state index contributed by atoms with van der Waals surface area (Å²) in [6.07, 6.45) is 0.575. The maximum atomic E-state index is 12.5. The smallest absolute Gasteiger partial charge is 0.240 e. The zero-order valence-electron chi connectivity index (χ0n) is 15.8. The molecule has 0 spiro atoms. The number of aryl methyl sites for hydroxylation is 2. The van der Waals surface area contributed by atoms with E-state index in [0.717, 1.165) is 26.7 Å². The highest BCUT2D eigenvalue weighted by Crippen LogP contribution is 2.29. The second-order valence-corrected chi connectivity index (χ2v) is 9.60. The average Bonchev–Trinajstić information content (AvgIpc) is 3.03. The Morgan fingerprint density at radius 3 is 2.50 bits per heavy atom. The summed E-state index contributed by atoms with van der Waals surface area (Å²) in [7, 11) is -2.02. The lowest BCUT2D eigenvalue weighted by atomic mass is 10.2. The van der Waals surface area contributed by atoms with Gasteiger partial charge in [-0.2, -0.15) is 0 Å². The van der Waals surface area contributed by atoms with E-state index in [0.29, 0.717) is 23.7 Å². The Labute approximate surface area is 174 Å². The van der Waals surface area contributed by atoms with Crippen molar-refractivity contribution in [3.05, 3.63) is 63.6 Å². The van der Waals surface area contributed by atoms with Crippen LogP contribution in [0.5, 0.6) is 5.75 Å². The quantitative estimate of drug-likeness (QED) is 0.587. The van der Waals surface area contributed by atoms with Gasteiger partial charge < -0.3 is 4.74 Å². The van der Waals surface area contributed by atoms with Crippen LogP contribution in [0.3, 0.4) is 0 Å². The van der Waals surface area contributed by atoms with Gasteiger partial charge in [-0.05, 0) is 56.2 Å². The lowest BCUT2D eigenvalue weighted by Gasteiger charge is -2.09. The molecule has 0 aliphatic carbocycles. The third kappa shape index (κ3) is 4.72. The van der Waals surface area contributed by atoms with Gasteiger partial charge in [0.25, 0.3) is 0 Å². The number of methoxy groups -OCH3 is 1. The number of hydrogen-bond donors (Lipinski definition) is 1. The number of sulfonamides is 1. The highest BCUT2D eigenvalue weighted by molar-refractivity contribution is 7.89. The Kier molecular flexibility index (Phi) is 6.40. The maximum absolute atomic E-state index is 12.5. The van der Waals surface area contributed by atoms with Crippen LogP contribution >= 0.6 is 22.9 Å². The van der Waals surface area contributed by atoms with E-state index in [1.807, 2.05) is 38.1 Å². The van der Waals surface area contributed by atoms with Crippen LogP contribution in [0.25, 0.3) is 10.6 Å². The molecule has 0 saturated heterocycles. The number of halogens is 1. The molecule has 0 aliphatic rings. The highest BCUT2D eigenvalue weighted by atomic mass is 35.5. The molecule has 0 atom stereocenters. The molecular formula is C20H21ClN2O3S2. The van der Waals surface area contributed by atoms with Crippen LogP contribution in [0.1, 0.15) is 16.1 Å². The first-order valence-electron chi connectivity index (χ1n) is 8.66. The van der Waals surface area contributed by atoms with Gasteiger partial charge in [0.05, 0.1) is 17.7 Å². The summed E-state index contributed by atoms with van der Waals surface area (Å²) in [6.45, 7) is 4.06. The summed E-state index contributed by atoms with van der Waals surface area (Å²) in [5.74, 6) is 0.661. The van der Waals surface area contributed by atoms with Crippen molar-refractivity contribution < 1.29 is 13.2 Å². The molecule has 8 heteroatoms. The third-order valence-corrected chi connectivity index (χ3v) is 7.28. The van der Waals surface area contributed by atoms with Gasteiger partial charge >= 0.3 is 0 Å². The van der Waals surface area contributed by atoms with Gasteiger partial charge in [-0.1, -0.05) is 23.7 Å². The van der Waals surface area contributed by atoms with E-state index < -0.39 is 10.0 Å². The molecule has 0 unspecified atom stereocenters. The zero-order chi connectivity index (χ0) is 20.3. The maximum Gasteiger partial charge on any atom is 0.240 e. The molecule has 28 heavy (non-hydrogen) atoms. The van der Waals surface area contributed by atoms with Crippen LogP contribution in [0.15, 0.2) is 47.4 Å². The topological polar surface area (TPSA) is 68.3 Å². The lowest BCUT2D eigenvalue weighted by Crippen LogP contribution is -2.26. The molecule has 2 aromatic carbocycles. The van der Waals surface area contributed by atoms with Gasteiger partial charge in [0.1, 0.15) is 10.8 Å². The van der Waals surface area contributed by atoms with Gasteiger partial charge in [0.2, 0.25) is 10.0 Å². The Hall–Kier alpha value is -1.93. The minimum atomic E-state index is -3.58. The lowest BCUT2D eigenvalue weighted by molar-refractivity contribution is 0.411. The van der Waals surface area contributed by atoms with E-state index >= 15 is 0 Å². The minimum Gasteiger partial charge on any atom is -0.496 e. The monoisotopic (exact) mass is 436 g/mol. The highest BCUT2D eigenvalue weighted by Gasteiger charge is 2.16. The molecule has 0 saturated carbocycles. The van der Waals surface area contributed by atoms with Crippen molar-refractivity contribution >= 4 is 33.0 Å². The molecule has 1 heterocycles. The van der Waals surface area contributed by atoms with E-state index in [9.17, 15) is 8.42 Å². The second-order valence-electron chi connectivity index (χ2n) is 6.31. The molecule has 3 rings (SSSR count). The summed E-state index contributed by atoms with van der Waals surface area (Å²) in [6, 6.07) is 12.3. The molecule has 0 aliphatic heterocycles. The largest absolute Gasteiger partial charge is 0.496 e. The summed E-state index contributed by atoms with van der Waals surface area (Å²) in [4.78, 5) is 5.88. The number of nitrogens with one attached hydrogen (secondary N) is 1. The summed E-state index contributed by atoms with van der Waals surface area (Å²) >= 11 is 7.50. The van der Waals surface area contributed by atoms with E-state index in [4.69, 9.17) is 16.3 Å². The second kappa shape index (κ2) is 8.61. The average molecular weight is 437 g/mol. The summed E-state index contributed by atoms with van der Waals surface area (Å²) in [5.41, 5.74) is 2.68. The number of thiazole rings is 1. The van der Waals surface area contributed by atoms with Crippen molar-refractivity contribution in [1.29, 1.82) is 0 Å². The normalized spacial score (nSPS) is 11.6. The zero-order valence-corrected chi connectivity index (χ0v) is 18.2. The van der Waals surface area contributed by atoms with Crippen LogP contribution in [0.4, 0.5) is 0 Å². The number of rotatable bonds is 7. The van der Waals surface area contributed by atoms with Crippen LogP contribution in [-0.2, 0) is 16.4 Å². The van der Waals surface area contributed by atoms with Crippen LogP contribution < -0.4 is 9.46 Å². The first-order chi connectivity index (χ1) is 13.3. The number of ether oxygens (including phenoxy) is 1. The first-order valence-corrected chi connectivity index (χ1v) is 11.3. The molecule has 1 aromatic heterocycles. The van der Waals surface area contributed by atoms with Crippen molar-refractivity contribution in [3.63, 3.8) is 0 Å².